The number of benzene rings is 1. The Balaban J connectivity index is 1.70. The summed E-state index contributed by atoms with van der Waals surface area (Å²) >= 11 is 0. The van der Waals surface area contributed by atoms with Gasteiger partial charge in [0, 0.05) is 6.54 Å². The van der Waals surface area contributed by atoms with Crippen molar-refractivity contribution in [1.82, 2.24) is 5.32 Å². The van der Waals surface area contributed by atoms with Crippen molar-refractivity contribution in [1.29, 1.82) is 0 Å². The highest BCUT2D eigenvalue weighted by molar-refractivity contribution is 5.77. The van der Waals surface area contributed by atoms with Crippen LogP contribution in [0.5, 0.6) is 11.5 Å². The monoisotopic (exact) mass is 275 g/mol. The number of nitrogens with one attached hydrogen (secondary N) is 1. The number of methoxy groups -OCH3 is 1. The van der Waals surface area contributed by atoms with Gasteiger partial charge in [-0.25, -0.2) is 0 Å². The Labute approximate surface area is 119 Å². The lowest BCUT2D eigenvalue weighted by molar-refractivity contribution is -0.122. The topological polar surface area (TPSA) is 47.6 Å². The van der Waals surface area contributed by atoms with Crippen LogP contribution in [0.25, 0.3) is 0 Å². The molecule has 1 aliphatic rings. The lowest BCUT2D eigenvalue weighted by Gasteiger charge is -2.13. The third-order valence-electron chi connectivity index (χ3n) is 3.33. The van der Waals surface area contributed by atoms with E-state index in [1.54, 1.807) is 31.4 Å². The summed E-state index contributed by atoms with van der Waals surface area (Å²) in [7, 11) is 1.61. The van der Waals surface area contributed by atoms with Crippen molar-refractivity contribution < 1.29 is 14.3 Å². The van der Waals surface area contributed by atoms with Crippen molar-refractivity contribution in [3.63, 3.8) is 0 Å². The van der Waals surface area contributed by atoms with Crippen LogP contribution in [0, 0.1) is 0 Å². The Morgan fingerprint density at radius 2 is 1.95 bits per heavy atom. The fourth-order valence-electron chi connectivity index (χ4n) is 2.15. The molecule has 20 heavy (non-hydrogen) atoms. The maximum Gasteiger partial charge on any atom is 0.258 e. The van der Waals surface area contributed by atoms with E-state index in [1.807, 2.05) is 0 Å². The van der Waals surface area contributed by atoms with Crippen LogP contribution >= 0.6 is 0 Å². The Morgan fingerprint density at radius 1 is 1.20 bits per heavy atom. The van der Waals surface area contributed by atoms with Gasteiger partial charge in [-0.1, -0.05) is 11.6 Å². The number of carbonyl (C=O) groups excluding carboxylic acids is 1. The van der Waals surface area contributed by atoms with E-state index in [9.17, 15) is 4.79 Å². The summed E-state index contributed by atoms with van der Waals surface area (Å²) in [6.45, 7) is 0.685. The molecule has 0 bridgehead atoms. The molecule has 0 aromatic heterocycles. The van der Waals surface area contributed by atoms with E-state index in [2.05, 4.69) is 11.4 Å². The molecule has 0 saturated carbocycles. The Kier molecular flexibility index (Phi) is 5.47. The molecule has 0 atom stereocenters. The summed E-state index contributed by atoms with van der Waals surface area (Å²) in [6, 6.07) is 7.19. The number of carbonyl (C=O) groups is 1. The van der Waals surface area contributed by atoms with Crippen molar-refractivity contribution in [3.8, 4) is 11.5 Å². The maximum atomic E-state index is 11.7. The Hall–Kier alpha value is -1.97. The Bertz CT molecular complexity index is 465. The number of hydrogen-bond acceptors (Lipinski definition) is 3. The van der Waals surface area contributed by atoms with Crippen LogP contribution in [0.1, 0.15) is 25.7 Å². The van der Waals surface area contributed by atoms with Gasteiger partial charge in [0.1, 0.15) is 11.5 Å². The van der Waals surface area contributed by atoms with E-state index in [-0.39, 0.29) is 12.5 Å². The summed E-state index contributed by atoms with van der Waals surface area (Å²) in [5.74, 6) is 1.34. The molecule has 0 saturated heterocycles. The zero-order valence-corrected chi connectivity index (χ0v) is 11.9. The lowest BCUT2D eigenvalue weighted by atomic mass is 10.00. The molecule has 2 rings (SSSR count). The molecule has 0 fully saturated rings. The SMILES string of the molecule is COc1ccc(OCC(=O)NCC2=CCCCC2)cc1. The van der Waals surface area contributed by atoms with Crippen LogP contribution in [-0.2, 0) is 4.79 Å². The van der Waals surface area contributed by atoms with Gasteiger partial charge < -0.3 is 14.8 Å². The normalized spacial score (nSPS) is 14.3. The predicted octanol–water partition coefficient (Wildman–Crippen LogP) is 2.69. The van der Waals surface area contributed by atoms with Gasteiger partial charge in [-0.3, -0.25) is 4.79 Å². The van der Waals surface area contributed by atoms with Crippen LogP contribution < -0.4 is 14.8 Å². The highest BCUT2D eigenvalue weighted by Gasteiger charge is 2.06. The average Bonchev–Trinajstić information content (AvgIpc) is 2.52. The molecule has 1 aromatic rings. The van der Waals surface area contributed by atoms with Gasteiger partial charge in [-0.2, -0.15) is 0 Å². The second kappa shape index (κ2) is 7.58. The minimum atomic E-state index is -0.0905. The number of amides is 1. The van der Waals surface area contributed by atoms with E-state index in [1.165, 1.54) is 18.4 Å². The molecular weight excluding hydrogens is 254 g/mol. The van der Waals surface area contributed by atoms with Crippen LogP contribution in [0.2, 0.25) is 0 Å². The molecule has 0 aliphatic heterocycles. The molecule has 1 N–H and O–H groups in total. The minimum Gasteiger partial charge on any atom is -0.497 e. The van der Waals surface area contributed by atoms with E-state index < -0.39 is 0 Å². The summed E-state index contributed by atoms with van der Waals surface area (Å²) < 4.78 is 10.5. The molecule has 4 heteroatoms. The zero-order chi connectivity index (χ0) is 14.2. The Morgan fingerprint density at radius 3 is 2.60 bits per heavy atom. The van der Waals surface area contributed by atoms with Crippen LogP contribution in [0.15, 0.2) is 35.9 Å². The second-order valence-electron chi connectivity index (χ2n) is 4.85. The number of rotatable bonds is 6. The first-order valence-electron chi connectivity index (χ1n) is 6.99. The minimum absolute atomic E-state index is 0.0413. The standard InChI is InChI=1S/C16H21NO3/c1-19-14-7-9-15(10-8-14)20-12-16(18)17-11-13-5-3-2-4-6-13/h5,7-10H,2-4,6,11-12H2,1H3,(H,17,18). The second-order valence-corrected chi connectivity index (χ2v) is 4.85. The fraction of sp³-hybridized carbons (Fsp3) is 0.438. The number of allylic oxidation sites excluding steroid dienone is 1. The molecule has 0 spiro atoms. The smallest absolute Gasteiger partial charge is 0.258 e. The van der Waals surface area contributed by atoms with Crippen LogP contribution in [0.4, 0.5) is 0 Å². The third-order valence-corrected chi connectivity index (χ3v) is 3.33. The highest BCUT2D eigenvalue weighted by Crippen LogP contribution is 2.17. The van der Waals surface area contributed by atoms with Gasteiger partial charge in [0.2, 0.25) is 0 Å². The summed E-state index contributed by atoms with van der Waals surface area (Å²) in [5.41, 5.74) is 1.33. The zero-order valence-electron chi connectivity index (χ0n) is 11.9. The average molecular weight is 275 g/mol. The van der Waals surface area contributed by atoms with Crippen LogP contribution in [-0.4, -0.2) is 26.2 Å². The fourth-order valence-corrected chi connectivity index (χ4v) is 2.15. The molecule has 4 nitrogen and oxygen atoms in total. The van der Waals surface area contributed by atoms with Crippen molar-refractivity contribution in [2.45, 2.75) is 25.7 Å². The molecule has 0 radical (unpaired) electrons. The van der Waals surface area contributed by atoms with Gasteiger partial charge in [0.15, 0.2) is 6.61 Å². The van der Waals surface area contributed by atoms with Gasteiger partial charge in [-0.05, 0) is 49.9 Å². The van der Waals surface area contributed by atoms with Crippen LogP contribution in [0.3, 0.4) is 0 Å². The van der Waals surface area contributed by atoms with Crippen molar-refractivity contribution >= 4 is 5.91 Å². The van der Waals surface area contributed by atoms with Crippen molar-refractivity contribution in [2.75, 3.05) is 20.3 Å². The largest absolute Gasteiger partial charge is 0.497 e. The maximum absolute atomic E-state index is 11.7. The molecule has 1 amide bonds. The van der Waals surface area contributed by atoms with Gasteiger partial charge >= 0.3 is 0 Å². The third kappa shape index (κ3) is 4.61. The van der Waals surface area contributed by atoms with E-state index >= 15 is 0 Å². The van der Waals surface area contributed by atoms with Gasteiger partial charge in [-0.15, -0.1) is 0 Å². The van der Waals surface area contributed by atoms with Gasteiger partial charge in [0.05, 0.1) is 7.11 Å². The first-order chi connectivity index (χ1) is 9.78. The molecular formula is C16H21NO3. The first kappa shape index (κ1) is 14.4. The molecule has 0 heterocycles. The summed E-state index contributed by atoms with van der Waals surface area (Å²) in [6.07, 6.45) is 6.95. The van der Waals surface area contributed by atoms with E-state index in [4.69, 9.17) is 9.47 Å². The lowest BCUT2D eigenvalue weighted by Crippen LogP contribution is -2.30. The quantitative estimate of drug-likeness (QED) is 0.812. The highest BCUT2D eigenvalue weighted by atomic mass is 16.5. The summed E-state index contributed by atoms with van der Waals surface area (Å²) in [4.78, 5) is 11.7. The first-order valence-corrected chi connectivity index (χ1v) is 6.99. The van der Waals surface area contributed by atoms with Gasteiger partial charge in [0.25, 0.3) is 5.91 Å². The van der Waals surface area contributed by atoms with Crippen molar-refractivity contribution in [2.24, 2.45) is 0 Å². The number of ether oxygens (including phenoxy) is 2. The molecule has 0 unspecified atom stereocenters. The molecule has 1 aromatic carbocycles. The van der Waals surface area contributed by atoms with E-state index in [0.29, 0.717) is 12.3 Å². The predicted molar refractivity (Wildman–Crippen MR) is 78.0 cm³/mol. The van der Waals surface area contributed by atoms with E-state index in [0.717, 1.165) is 18.6 Å². The summed E-state index contributed by atoms with van der Waals surface area (Å²) in [5, 5.41) is 2.89. The van der Waals surface area contributed by atoms with Crippen molar-refractivity contribution in [3.05, 3.63) is 35.9 Å². The molecule has 108 valence electrons. The molecule has 1 aliphatic carbocycles. The number of hydrogen-bond donors (Lipinski definition) is 1.